The number of likely N-dealkylation sites (N-methyl/N-ethyl adjacent to an activating group) is 1. The number of carbonyl (C=O) groups excluding carboxylic acids is 2. The third-order valence-corrected chi connectivity index (χ3v) is 18.2. The summed E-state index contributed by atoms with van der Waals surface area (Å²) in [7, 11) is 1.50. The lowest BCUT2D eigenvalue weighted by molar-refractivity contribution is -0.870. The van der Waals surface area contributed by atoms with E-state index in [0.29, 0.717) is 23.9 Å². The van der Waals surface area contributed by atoms with Crippen LogP contribution >= 0.6 is 7.82 Å². The van der Waals surface area contributed by atoms with Gasteiger partial charge in [0.2, 0.25) is 0 Å². The molecule has 0 aromatic carbocycles. The molecule has 0 aromatic heterocycles. The molecule has 1 N–H and O–H groups in total. The number of carbonyl (C=O) groups is 2. The molecule has 0 spiro atoms. The number of unbranched alkanes of at least 4 members (excludes halogenated alkanes) is 53. The Morgan fingerprint density at radius 1 is 0.365 bits per heavy atom. The molecule has 0 radical (unpaired) electrons. The van der Waals surface area contributed by atoms with Crippen LogP contribution in [-0.4, -0.2) is 74.9 Å². The Morgan fingerprint density at radius 3 is 0.929 bits per heavy atom. The number of hydrogen-bond acceptors (Lipinski definition) is 7. The molecule has 0 aliphatic carbocycles. The fourth-order valence-electron chi connectivity index (χ4n) is 11.5. The Morgan fingerprint density at radius 2 is 0.635 bits per heavy atom. The summed E-state index contributed by atoms with van der Waals surface area (Å²) in [5.74, 6) is -0.775. The van der Waals surface area contributed by atoms with Crippen molar-refractivity contribution in [2.75, 3.05) is 47.5 Å². The van der Waals surface area contributed by atoms with E-state index < -0.39 is 26.5 Å². The van der Waals surface area contributed by atoms with Crippen molar-refractivity contribution in [3.63, 3.8) is 0 Å². The zero-order valence-electron chi connectivity index (χ0n) is 57.6. The Bertz CT molecular complexity index is 1480. The molecule has 0 aliphatic heterocycles. The van der Waals surface area contributed by atoms with Crippen LogP contribution in [0.3, 0.4) is 0 Å². The standard InChI is InChI=1S/C75H146NO8P/c1-6-8-10-12-14-16-18-20-22-24-26-28-30-32-33-34-35-36-37-38-39-40-41-42-44-45-47-49-51-53-55-57-59-61-63-65-67-74(77)81-71-73(72-83-85(79,80)82-70-69-76(3,4)5)84-75(78)68-66-64-62-60-58-56-54-52-50-48-46-43-31-29-27-25-23-21-19-17-15-13-11-9-7-2/h19,21,25,27,73H,6-18,20,22-24,26,28-72H2,1-5H3/p+1/b21-19-,27-25-. The van der Waals surface area contributed by atoms with Gasteiger partial charge in [-0.25, -0.2) is 4.57 Å². The average molecular weight is 1220 g/mol. The van der Waals surface area contributed by atoms with Gasteiger partial charge >= 0.3 is 19.8 Å². The number of phosphoric acid groups is 1. The Labute approximate surface area is 529 Å². The minimum Gasteiger partial charge on any atom is -0.462 e. The summed E-state index contributed by atoms with van der Waals surface area (Å²) in [5, 5.41) is 0. The molecule has 0 rings (SSSR count). The first-order valence-electron chi connectivity index (χ1n) is 37.6. The third-order valence-electron chi connectivity index (χ3n) is 17.2. The van der Waals surface area contributed by atoms with E-state index in [-0.39, 0.29) is 25.6 Å². The summed E-state index contributed by atoms with van der Waals surface area (Å²) in [6.45, 7) is 4.50. The Kier molecular flexibility index (Phi) is 65.7. The highest BCUT2D eigenvalue weighted by Crippen LogP contribution is 2.43. The Balaban J connectivity index is 3.91. The summed E-state index contributed by atoms with van der Waals surface area (Å²) < 4.78 is 34.8. The molecular weight excluding hydrogens is 1070 g/mol. The van der Waals surface area contributed by atoms with Crippen molar-refractivity contribution in [1.82, 2.24) is 0 Å². The molecule has 0 heterocycles. The van der Waals surface area contributed by atoms with Gasteiger partial charge in [0.1, 0.15) is 19.8 Å². The van der Waals surface area contributed by atoms with Gasteiger partial charge in [0.05, 0.1) is 27.7 Å². The summed E-state index contributed by atoms with van der Waals surface area (Å²) in [5.41, 5.74) is 0. The van der Waals surface area contributed by atoms with Gasteiger partial charge in [-0.15, -0.1) is 0 Å². The van der Waals surface area contributed by atoms with Gasteiger partial charge in [-0.05, 0) is 44.9 Å². The fourth-order valence-corrected chi connectivity index (χ4v) is 12.2. The molecule has 0 fully saturated rings. The maximum Gasteiger partial charge on any atom is 0.472 e. The van der Waals surface area contributed by atoms with E-state index in [2.05, 4.69) is 38.2 Å². The lowest BCUT2D eigenvalue weighted by Gasteiger charge is -2.24. The Hall–Kier alpha value is -1.51. The molecule has 0 saturated heterocycles. The average Bonchev–Trinajstić information content (AvgIpc) is 3.54. The second-order valence-electron chi connectivity index (χ2n) is 27.0. The van der Waals surface area contributed by atoms with E-state index in [4.69, 9.17) is 18.5 Å². The quantitative estimate of drug-likeness (QED) is 0.0211. The van der Waals surface area contributed by atoms with Gasteiger partial charge in [0.15, 0.2) is 6.10 Å². The van der Waals surface area contributed by atoms with E-state index in [1.807, 2.05) is 21.1 Å². The second-order valence-corrected chi connectivity index (χ2v) is 28.5. The van der Waals surface area contributed by atoms with Crippen molar-refractivity contribution in [1.29, 1.82) is 0 Å². The fraction of sp³-hybridized carbons (Fsp3) is 0.920. The lowest BCUT2D eigenvalue weighted by Crippen LogP contribution is -2.37. The predicted molar refractivity (Wildman–Crippen MR) is 367 cm³/mol. The zero-order chi connectivity index (χ0) is 61.9. The summed E-state index contributed by atoms with van der Waals surface area (Å²) in [6, 6.07) is 0. The van der Waals surface area contributed by atoms with Crippen LogP contribution in [0.1, 0.15) is 393 Å². The van der Waals surface area contributed by atoms with Crippen molar-refractivity contribution in [3.05, 3.63) is 24.3 Å². The van der Waals surface area contributed by atoms with Gasteiger partial charge in [-0.3, -0.25) is 18.6 Å². The first-order valence-corrected chi connectivity index (χ1v) is 39.1. The molecule has 9 nitrogen and oxygen atoms in total. The van der Waals surface area contributed by atoms with Crippen LogP contribution in [0.15, 0.2) is 24.3 Å². The molecule has 504 valence electrons. The smallest absolute Gasteiger partial charge is 0.462 e. The number of esters is 2. The van der Waals surface area contributed by atoms with Gasteiger partial charge in [-0.2, -0.15) is 0 Å². The number of allylic oxidation sites excluding steroid dienone is 4. The number of rotatable bonds is 71. The van der Waals surface area contributed by atoms with Crippen molar-refractivity contribution in [2.24, 2.45) is 0 Å². The highest BCUT2D eigenvalue weighted by Gasteiger charge is 2.27. The van der Waals surface area contributed by atoms with Gasteiger partial charge in [0, 0.05) is 12.8 Å². The molecule has 2 unspecified atom stereocenters. The minimum atomic E-state index is -4.39. The van der Waals surface area contributed by atoms with E-state index in [9.17, 15) is 19.0 Å². The normalized spacial score (nSPS) is 13.2. The molecular formula is C75H147NO8P+. The van der Waals surface area contributed by atoms with Crippen LogP contribution in [0.5, 0.6) is 0 Å². The summed E-state index contributed by atoms with van der Waals surface area (Å²) in [6.07, 6.45) is 84.6. The number of nitrogens with zero attached hydrogens (tertiary/aromatic N) is 1. The van der Waals surface area contributed by atoms with Crippen molar-refractivity contribution in [2.45, 2.75) is 399 Å². The monoisotopic (exact) mass is 1220 g/mol. The SMILES string of the molecule is CCCCCCC/C=C\C/C=C\CCCCCCCCCCCCCCCC(=O)OC(COC(=O)CCCCCCCCCCCCCCCCCCCCCCCCCCCCCCCCCCCCCC)COP(=O)(O)OCC[N+](C)(C)C. The minimum absolute atomic E-state index is 0.0348. The van der Waals surface area contributed by atoms with Crippen molar-refractivity contribution < 1.29 is 42.1 Å². The molecule has 10 heteroatoms. The number of quaternary nitrogens is 1. The highest BCUT2D eigenvalue weighted by molar-refractivity contribution is 7.47. The molecule has 0 saturated carbocycles. The zero-order valence-corrected chi connectivity index (χ0v) is 58.5. The molecule has 0 bridgehead atoms. The highest BCUT2D eigenvalue weighted by atomic mass is 31.2. The van der Waals surface area contributed by atoms with Crippen LogP contribution in [0, 0.1) is 0 Å². The first kappa shape index (κ1) is 83.5. The maximum atomic E-state index is 12.9. The van der Waals surface area contributed by atoms with Gasteiger partial charge in [0.25, 0.3) is 0 Å². The molecule has 85 heavy (non-hydrogen) atoms. The van der Waals surface area contributed by atoms with Crippen molar-refractivity contribution in [3.8, 4) is 0 Å². The van der Waals surface area contributed by atoms with Gasteiger partial charge < -0.3 is 18.9 Å². The van der Waals surface area contributed by atoms with E-state index >= 15 is 0 Å². The molecule has 0 amide bonds. The predicted octanol–water partition coefficient (Wildman–Crippen LogP) is 24.4. The summed E-state index contributed by atoms with van der Waals surface area (Å²) >= 11 is 0. The topological polar surface area (TPSA) is 108 Å². The van der Waals surface area contributed by atoms with Crippen LogP contribution in [0.25, 0.3) is 0 Å². The van der Waals surface area contributed by atoms with Gasteiger partial charge in [-0.1, -0.05) is 359 Å². The number of phosphoric ester groups is 1. The number of ether oxygens (including phenoxy) is 2. The third kappa shape index (κ3) is 71.4. The van der Waals surface area contributed by atoms with Crippen LogP contribution < -0.4 is 0 Å². The van der Waals surface area contributed by atoms with Crippen LogP contribution in [0.2, 0.25) is 0 Å². The van der Waals surface area contributed by atoms with Crippen LogP contribution in [0.4, 0.5) is 0 Å². The summed E-state index contributed by atoms with van der Waals surface area (Å²) in [4.78, 5) is 35.9. The van der Waals surface area contributed by atoms with Crippen molar-refractivity contribution >= 4 is 19.8 Å². The van der Waals surface area contributed by atoms with Crippen LogP contribution in [-0.2, 0) is 32.7 Å². The second kappa shape index (κ2) is 66.9. The molecule has 0 aliphatic rings. The molecule has 0 aromatic rings. The largest absolute Gasteiger partial charge is 0.472 e. The first-order chi connectivity index (χ1) is 41.5. The lowest BCUT2D eigenvalue weighted by atomic mass is 10.0. The maximum absolute atomic E-state index is 12.9. The van der Waals surface area contributed by atoms with E-state index in [1.54, 1.807) is 0 Å². The van der Waals surface area contributed by atoms with E-state index in [0.717, 1.165) is 38.5 Å². The van der Waals surface area contributed by atoms with E-state index in [1.165, 1.54) is 321 Å². The molecule has 2 atom stereocenters. The number of hydrogen-bond donors (Lipinski definition) is 1.